The highest BCUT2D eigenvalue weighted by Gasteiger charge is 2.21. The molecule has 0 unspecified atom stereocenters. The fourth-order valence-corrected chi connectivity index (χ4v) is 3.45. The van der Waals surface area contributed by atoms with Gasteiger partial charge < -0.3 is 4.90 Å². The van der Waals surface area contributed by atoms with Gasteiger partial charge in [0.05, 0.1) is 17.2 Å². The standard InChI is InChI=1S/C21H22N4O2/c26-20(17-6-2-1-3-7-17)24-13-10-23(11-14-24)12-15-25-16-22-19-9-5-4-8-18(19)21(25)27/h1-9,16H,10-15H2. The summed E-state index contributed by atoms with van der Waals surface area (Å²) in [5.74, 6) is 0.0881. The molecule has 0 atom stereocenters. The van der Waals surface area contributed by atoms with Crippen LogP contribution in [0.3, 0.4) is 0 Å². The van der Waals surface area contributed by atoms with Gasteiger partial charge in [-0.05, 0) is 24.3 Å². The van der Waals surface area contributed by atoms with E-state index in [0.29, 0.717) is 25.0 Å². The van der Waals surface area contributed by atoms with Crippen molar-refractivity contribution in [3.8, 4) is 0 Å². The molecule has 0 radical (unpaired) electrons. The summed E-state index contributed by atoms with van der Waals surface area (Å²) in [6, 6.07) is 16.8. The zero-order valence-electron chi connectivity index (χ0n) is 15.1. The third kappa shape index (κ3) is 3.75. The van der Waals surface area contributed by atoms with Crippen molar-refractivity contribution in [2.75, 3.05) is 32.7 Å². The molecule has 1 fully saturated rings. The van der Waals surface area contributed by atoms with Gasteiger partial charge in [-0.3, -0.25) is 19.1 Å². The molecule has 1 aliphatic rings. The summed E-state index contributed by atoms with van der Waals surface area (Å²) in [5, 5.41) is 0.651. The highest BCUT2D eigenvalue weighted by Crippen LogP contribution is 2.09. The number of benzene rings is 2. The van der Waals surface area contributed by atoms with E-state index < -0.39 is 0 Å². The Hall–Kier alpha value is -2.99. The van der Waals surface area contributed by atoms with E-state index in [9.17, 15) is 9.59 Å². The molecule has 1 aromatic heterocycles. The van der Waals surface area contributed by atoms with Crippen molar-refractivity contribution in [3.63, 3.8) is 0 Å². The maximum Gasteiger partial charge on any atom is 0.261 e. The number of carbonyl (C=O) groups excluding carboxylic acids is 1. The molecule has 0 spiro atoms. The van der Waals surface area contributed by atoms with Gasteiger partial charge in [0, 0.05) is 44.8 Å². The Balaban J connectivity index is 1.34. The predicted molar refractivity (Wildman–Crippen MR) is 105 cm³/mol. The number of hydrogen-bond donors (Lipinski definition) is 0. The van der Waals surface area contributed by atoms with Crippen molar-refractivity contribution in [2.45, 2.75) is 6.54 Å². The monoisotopic (exact) mass is 362 g/mol. The summed E-state index contributed by atoms with van der Waals surface area (Å²) in [4.78, 5) is 33.6. The quantitative estimate of drug-likeness (QED) is 0.711. The number of hydrogen-bond acceptors (Lipinski definition) is 4. The number of amides is 1. The number of nitrogens with zero attached hydrogens (tertiary/aromatic N) is 4. The molecule has 1 amide bonds. The summed E-state index contributed by atoms with van der Waals surface area (Å²) in [5.41, 5.74) is 1.46. The first-order valence-corrected chi connectivity index (χ1v) is 9.23. The molecular weight excluding hydrogens is 340 g/mol. The lowest BCUT2D eigenvalue weighted by Gasteiger charge is -2.34. The van der Waals surface area contributed by atoms with Crippen LogP contribution >= 0.6 is 0 Å². The Bertz CT molecular complexity index is 992. The van der Waals surface area contributed by atoms with Crippen LogP contribution in [0.5, 0.6) is 0 Å². The van der Waals surface area contributed by atoms with E-state index in [1.54, 1.807) is 10.9 Å². The van der Waals surface area contributed by atoms with Crippen LogP contribution in [0.15, 0.2) is 65.7 Å². The average Bonchev–Trinajstić information content (AvgIpc) is 2.74. The Kier molecular flexibility index (Phi) is 4.98. The van der Waals surface area contributed by atoms with Gasteiger partial charge in [0.1, 0.15) is 0 Å². The van der Waals surface area contributed by atoms with Gasteiger partial charge in [-0.25, -0.2) is 4.98 Å². The number of aromatic nitrogens is 2. The molecule has 3 aromatic rings. The summed E-state index contributed by atoms with van der Waals surface area (Å²) >= 11 is 0. The zero-order chi connectivity index (χ0) is 18.6. The summed E-state index contributed by atoms with van der Waals surface area (Å²) in [6.07, 6.45) is 1.62. The lowest BCUT2D eigenvalue weighted by Crippen LogP contribution is -2.49. The molecule has 0 bridgehead atoms. The van der Waals surface area contributed by atoms with Crippen LogP contribution in [0.25, 0.3) is 10.9 Å². The maximum atomic E-state index is 12.6. The van der Waals surface area contributed by atoms with E-state index >= 15 is 0 Å². The van der Waals surface area contributed by atoms with Crippen molar-refractivity contribution in [1.82, 2.24) is 19.4 Å². The summed E-state index contributed by atoms with van der Waals surface area (Å²) < 4.78 is 1.67. The molecule has 138 valence electrons. The normalized spacial score (nSPS) is 15.2. The van der Waals surface area contributed by atoms with Crippen LogP contribution in [0.2, 0.25) is 0 Å². The molecular formula is C21H22N4O2. The third-order valence-electron chi connectivity index (χ3n) is 5.07. The number of carbonyl (C=O) groups is 1. The molecule has 0 aliphatic carbocycles. The number of fused-ring (bicyclic) bond motifs is 1. The minimum atomic E-state index is -0.00140. The molecule has 27 heavy (non-hydrogen) atoms. The smallest absolute Gasteiger partial charge is 0.261 e. The molecule has 2 heterocycles. The van der Waals surface area contributed by atoms with E-state index in [0.717, 1.165) is 30.7 Å². The van der Waals surface area contributed by atoms with E-state index in [1.165, 1.54) is 0 Å². The SMILES string of the molecule is O=C(c1ccccc1)N1CCN(CCn2cnc3ccccc3c2=O)CC1. The highest BCUT2D eigenvalue weighted by atomic mass is 16.2. The van der Waals surface area contributed by atoms with Crippen molar-refractivity contribution in [2.24, 2.45) is 0 Å². The van der Waals surface area contributed by atoms with Crippen LogP contribution < -0.4 is 5.56 Å². The average molecular weight is 362 g/mol. The summed E-state index contributed by atoms with van der Waals surface area (Å²) in [7, 11) is 0. The van der Waals surface area contributed by atoms with Gasteiger partial charge >= 0.3 is 0 Å². The Morgan fingerprint density at radius 3 is 2.37 bits per heavy atom. The molecule has 0 N–H and O–H groups in total. The van der Waals surface area contributed by atoms with Gasteiger partial charge in [0.25, 0.3) is 11.5 Å². The number of para-hydroxylation sites is 1. The van der Waals surface area contributed by atoms with Gasteiger partial charge in [0.15, 0.2) is 0 Å². The second-order valence-electron chi connectivity index (χ2n) is 6.76. The van der Waals surface area contributed by atoms with Gasteiger partial charge in [-0.2, -0.15) is 0 Å². The minimum absolute atomic E-state index is 0.00140. The van der Waals surface area contributed by atoms with E-state index in [2.05, 4.69) is 9.88 Å². The predicted octanol–water partition coefficient (Wildman–Crippen LogP) is 1.85. The van der Waals surface area contributed by atoms with Crippen LogP contribution in [0.4, 0.5) is 0 Å². The first-order valence-electron chi connectivity index (χ1n) is 9.23. The zero-order valence-corrected chi connectivity index (χ0v) is 15.1. The Morgan fingerprint density at radius 1 is 0.889 bits per heavy atom. The molecule has 4 rings (SSSR count). The second-order valence-corrected chi connectivity index (χ2v) is 6.76. The van der Waals surface area contributed by atoms with E-state index in [-0.39, 0.29) is 11.5 Å². The number of piperazine rings is 1. The molecule has 0 saturated carbocycles. The van der Waals surface area contributed by atoms with E-state index in [4.69, 9.17) is 0 Å². The van der Waals surface area contributed by atoms with Crippen molar-refractivity contribution >= 4 is 16.8 Å². The lowest BCUT2D eigenvalue weighted by atomic mass is 10.2. The molecule has 1 aliphatic heterocycles. The fourth-order valence-electron chi connectivity index (χ4n) is 3.45. The van der Waals surface area contributed by atoms with E-state index in [1.807, 2.05) is 59.5 Å². The maximum absolute atomic E-state index is 12.6. The van der Waals surface area contributed by atoms with Gasteiger partial charge in [-0.1, -0.05) is 30.3 Å². The van der Waals surface area contributed by atoms with Gasteiger partial charge in [-0.15, -0.1) is 0 Å². The Labute approximate surface area is 157 Å². The summed E-state index contributed by atoms with van der Waals surface area (Å²) in [6.45, 7) is 4.41. The van der Waals surface area contributed by atoms with Crippen LogP contribution in [-0.4, -0.2) is 58.0 Å². The lowest BCUT2D eigenvalue weighted by molar-refractivity contribution is 0.0633. The highest BCUT2D eigenvalue weighted by molar-refractivity contribution is 5.94. The van der Waals surface area contributed by atoms with Crippen molar-refractivity contribution in [3.05, 3.63) is 76.8 Å². The molecule has 6 nitrogen and oxygen atoms in total. The number of rotatable bonds is 4. The first-order chi connectivity index (χ1) is 13.2. The van der Waals surface area contributed by atoms with Crippen LogP contribution in [-0.2, 0) is 6.54 Å². The second kappa shape index (κ2) is 7.72. The largest absolute Gasteiger partial charge is 0.336 e. The minimum Gasteiger partial charge on any atom is -0.336 e. The van der Waals surface area contributed by atoms with Crippen LogP contribution in [0.1, 0.15) is 10.4 Å². The first kappa shape index (κ1) is 17.4. The molecule has 6 heteroatoms. The van der Waals surface area contributed by atoms with Crippen LogP contribution in [0, 0.1) is 0 Å². The third-order valence-corrected chi connectivity index (χ3v) is 5.07. The van der Waals surface area contributed by atoms with Crippen molar-refractivity contribution < 1.29 is 4.79 Å². The van der Waals surface area contributed by atoms with Gasteiger partial charge in [0.2, 0.25) is 0 Å². The molecule has 1 saturated heterocycles. The topological polar surface area (TPSA) is 58.4 Å². The molecule has 2 aromatic carbocycles. The fraction of sp³-hybridized carbons (Fsp3) is 0.286. The van der Waals surface area contributed by atoms with Crippen molar-refractivity contribution in [1.29, 1.82) is 0 Å². The Morgan fingerprint density at radius 2 is 1.59 bits per heavy atom.